The largest absolute Gasteiger partial charge is 0.483 e. The molecule has 8 heteroatoms. The molecule has 0 bridgehead atoms. The van der Waals surface area contributed by atoms with Gasteiger partial charge in [0.15, 0.2) is 5.84 Å². The minimum absolute atomic E-state index is 0.0571. The summed E-state index contributed by atoms with van der Waals surface area (Å²) in [5, 5.41) is 14.1. The molecule has 0 spiro atoms. The van der Waals surface area contributed by atoms with Crippen molar-refractivity contribution >= 4 is 44.7 Å². The monoisotopic (exact) mass is 369 g/mol. The molecule has 0 unspecified atom stereocenters. The average Bonchev–Trinajstić information content (AvgIpc) is 2.92. The van der Waals surface area contributed by atoms with Crippen molar-refractivity contribution < 1.29 is 14.7 Å². The molecule has 21 heavy (non-hydrogen) atoms. The number of carbonyl (C=O) groups is 1. The fraction of sp³-hybridized carbons (Fsp3) is 0.0769. The lowest BCUT2D eigenvalue weighted by Gasteiger charge is -2.11. The number of benzene rings is 1. The van der Waals surface area contributed by atoms with Crippen LogP contribution in [-0.2, 0) is 0 Å². The van der Waals surface area contributed by atoms with Gasteiger partial charge >= 0.3 is 0 Å². The van der Waals surface area contributed by atoms with Gasteiger partial charge in [-0.25, -0.2) is 0 Å². The van der Waals surface area contributed by atoms with Crippen LogP contribution in [0, 0.1) is 0 Å². The zero-order valence-corrected chi connectivity index (χ0v) is 13.1. The van der Waals surface area contributed by atoms with Crippen molar-refractivity contribution in [1.82, 2.24) is 0 Å². The highest BCUT2D eigenvalue weighted by atomic mass is 79.9. The highest BCUT2D eigenvalue weighted by molar-refractivity contribution is 9.11. The Balaban J connectivity index is 2.11. The molecule has 0 aliphatic carbocycles. The van der Waals surface area contributed by atoms with Crippen molar-refractivity contribution in [3.63, 3.8) is 0 Å². The summed E-state index contributed by atoms with van der Waals surface area (Å²) in [6.45, 7) is -0.0755. The van der Waals surface area contributed by atoms with E-state index in [0.29, 0.717) is 16.3 Å². The summed E-state index contributed by atoms with van der Waals surface area (Å²) in [5.41, 5.74) is 5.86. The summed E-state index contributed by atoms with van der Waals surface area (Å²) in [6, 6.07) is 10.5. The zero-order chi connectivity index (χ0) is 15.2. The highest BCUT2D eigenvalue weighted by Crippen LogP contribution is 2.27. The molecule has 2 aromatic rings. The molecule has 110 valence electrons. The van der Waals surface area contributed by atoms with Crippen molar-refractivity contribution in [2.45, 2.75) is 0 Å². The Morgan fingerprint density at radius 1 is 1.38 bits per heavy atom. The van der Waals surface area contributed by atoms with Crippen LogP contribution in [0.2, 0.25) is 0 Å². The molecule has 0 radical (unpaired) electrons. The van der Waals surface area contributed by atoms with Crippen LogP contribution in [0.25, 0.3) is 0 Å². The van der Waals surface area contributed by atoms with Gasteiger partial charge < -0.3 is 21.0 Å². The molecule has 1 aromatic heterocycles. The van der Waals surface area contributed by atoms with Crippen LogP contribution >= 0.6 is 27.3 Å². The number of para-hydroxylation sites is 2. The fourth-order valence-electron chi connectivity index (χ4n) is 1.50. The highest BCUT2D eigenvalue weighted by Gasteiger charge is 2.12. The van der Waals surface area contributed by atoms with E-state index in [9.17, 15) is 4.79 Å². The Kier molecular flexibility index (Phi) is 5.18. The van der Waals surface area contributed by atoms with Gasteiger partial charge in [0.05, 0.1) is 14.4 Å². The van der Waals surface area contributed by atoms with Crippen LogP contribution in [0.15, 0.2) is 45.3 Å². The Labute approximate surface area is 133 Å². The summed E-state index contributed by atoms with van der Waals surface area (Å²) >= 11 is 4.65. The first-order chi connectivity index (χ1) is 10.1. The van der Waals surface area contributed by atoms with E-state index >= 15 is 0 Å². The van der Waals surface area contributed by atoms with E-state index in [1.807, 2.05) is 0 Å². The number of ether oxygens (including phenoxy) is 1. The van der Waals surface area contributed by atoms with Gasteiger partial charge in [0, 0.05) is 0 Å². The molecule has 0 saturated carbocycles. The lowest BCUT2D eigenvalue weighted by atomic mass is 10.3. The first kappa shape index (κ1) is 15.3. The van der Waals surface area contributed by atoms with E-state index in [-0.39, 0.29) is 18.3 Å². The summed E-state index contributed by atoms with van der Waals surface area (Å²) in [6.07, 6.45) is 0. The van der Waals surface area contributed by atoms with Gasteiger partial charge in [-0.2, -0.15) is 0 Å². The van der Waals surface area contributed by atoms with Crippen LogP contribution in [0.3, 0.4) is 0 Å². The van der Waals surface area contributed by atoms with Gasteiger partial charge in [-0.05, 0) is 40.2 Å². The number of hydrogen-bond donors (Lipinski definition) is 3. The molecule has 0 saturated heterocycles. The number of rotatable bonds is 5. The van der Waals surface area contributed by atoms with Gasteiger partial charge in [0.1, 0.15) is 12.4 Å². The third-order valence-electron chi connectivity index (χ3n) is 2.44. The number of nitrogens with zero attached hydrogens (tertiary/aromatic N) is 1. The van der Waals surface area contributed by atoms with Crippen LogP contribution < -0.4 is 15.8 Å². The molecular weight excluding hydrogens is 358 g/mol. The van der Waals surface area contributed by atoms with Crippen molar-refractivity contribution in [1.29, 1.82) is 0 Å². The van der Waals surface area contributed by atoms with E-state index in [2.05, 4.69) is 26.4 Å². The quantitative estimate of drug-likeness (QED) is 0.326. The number of nitrogens with one attached hydrogen (secondary N) is 1. The maximum Gasteiger partial charge on any atom is 0.265 e. The summed E-state index contributed by atoms with van der Waals surface area (Å²) in [4.78, 5) is 12.7. The third-order valence-corrected chi connectivity index (χ3v) is 4.06. The number of nitrogens with two attached hydrogens (primary N) is 1. The van der Waals surface area contributed by atoms with Crippen LogP contribution in [-0.4, -0.2) is 23.6 Å². The molecule has 1 amide bonds. The number of amidine groups is 1. The summed E-state index contributed by atoms with van der Waals surface area (Å²) in [7, 11) is 0. The number of amides is 1. The molecule has 6 nitrogen and oxygen atoms in total. The molecule has 2 rings (SSSR count). The average molecular weight is 370 g/mol. The van der Waals surface area contributed by atoms with Crippen molar-refractivity contribution in [2.24, 2.45) is 10.9 Å². The Bertz CT molecular complexity index is 672. The standard InChI is InChI=1S/C13H12BrN3O3S/c14-11-6-5-10(21-11)13(18)16-8-3-1-2-4-9(8)20-7-12(15)17-19/h1-6,19H,7H2,(H2,15,17)(H,16,18). The van der Waals surface area contributed by atoms with Gasteiger partial charge in [-0.1, -0.05) is 17.3 Å². The Morgan fingerprint density at radius 3 is 2.81 bits per heavy atom. The predicted octanol–water partition coefficient (Wildman–Crippen LogP) is 2.89. The SMILES string of the molecule is N/C(COc1ccccc1NC(=O)c1ccc(Br)s1)=N\O. The van der Waals surface area contributed by atoms with Crippen molar-refractivity contribution in [3.05, 3.63) is 45.1 Å². The topological polar surface area (TPSA) is 96.9 Å². The van der Waals surface area contributed by atoms with Gasteiger partial charge in [0.2, 0.25) is 0 Å². The third kappa shape index (κ3) is 4.20. The minimum atomic E-state index is -0.231. The summed E-state index contributed by atoms with van der Waals surface area (Å²) in [5.74, 6) is 0.150. The maximum atomic E-state index is 12.1. The van der Waals surface area contributed by atoms with E-state index in [1.165, 1.54) is 11.3 Å². The maximum absolute atomic E-state index is 12.1. The number of hydrogen-bond acceptors (Lipinski definition) is 5. The fourth-order valence-corrected chi connectivity index (χ4v) is 2.78. The Morgan fingerprint density at radius 2 is 2.14 bits per heavy atom. The minimum Gasteiger partial charge on any atom is -0.483 e. The van der Waals surface area contributed by atoms with Crippen LogP contribution in [0.1, 0.15) is 9.67 Å². The first-order valence-corrected chi connectivity index (χ1v) is 7.46. The molecular formula is C13H12BrN3O3S. The molecule has 0 fully saturated rings. The molecule has 4 N–H and O–H groups in total. The smallest absolute Gasteiger partial charge is 0.265 e. The normalized spacial score (nSPS) is 11.2. The van der Waals surface area contributed by atoms with Crippen molar-refractivity contribution in [2.75, 3.05) is 11.9 Å². The van der Waals surface area contributed by atoms with Crippen LogP contribution in [0.5, 0.6) is 5.75 Å². The number of halogens is 1. The van der Waals surface area contributed by atoms with Crippen LogP contribution in [0.4, 0.5) is 5.69 Å². The van der Waals surface area contributed by atoms with E-state index < -0.39 is 0 Å². The molecule has 0 aliphatic rings. The predicted molar refractivity (Wildman–Crippen MR) is 85.3 cm³/mol. The number of oxime groups is 1. The second kappa shape index (κ2) is 7.09. The molecule has 0 aliphatic heterocycles. The number of carbonyl (C=O) groups excluding carboxylic acids is 1. The lowest BCUT2D eigenvalue weighted by Crippen LogP contribution is -2.21. The number of thiophene rings is 1. The Hall–Kier alpha value is -2.06. The molecule has 1 aromatic carbocycles. The zero-order valence-electron chi connectivity index (χ0n) is 10.7. The molecule has 0 atom stereocenters. The van der Waals surface area contributed by atoms with E-state index in [0.717, 1.165) is 3.79 Å². The van der Waals surface area contributed by atoms with E-state index in [1.54, 1.807) is 36.4 Å². The van der Waals surface area contributed by atoms with Gasteiger partial charge in [-0.3, -0.25) is 4.79 Å². The lowest BCUT2D eigenvalue weighted by molar-refractivity contribution is 0.103. The summed E-state index contributed by atoms with van der Waals surface area (Å²) < 4.78 is 6.27. The van der Waals surface area contributed by atoms with Gasteiger partial charge in [-0.15, -0.1) is 11.3 Å². The molecule has 1 heterocycles. The van der Waals surface area contributed by atoms with Crippen molar-refractivity contribution in [3.8, 4) is 5.75 Å². The first-order valence-electron chi connectivity index (χ1n) is 5.85. The van der Waals surface area contributed by atoms with E-state index in [4.69, 9.17) is 15.7 Å². The number of anilines is 1. The second-order valence-corrected chi connectivity index (χ2v) is 6.40. The second-order valence-electron chi connectivity index (χ2n) is 3.93. The van der Waals surface area contributed by atoms with Gasteiger partial charge in [0.25, 0.3) is 5.91 Å².